The molecule has 2 aliphatic rings. The molecule has 1 heterocycles. The fraction of sp³-hybridized carbons (Fsp3) is 0.944. The molecule has 0 aromatic heterocycles. The van der Waals surface area contributed by atoms with E-state index in [0.717, 1.165) is 19.5 Å². The van der Waals surface area contributed by atoms with E-state index in [1.807, 2.05) is 0 Å². The molecule has 3 atom stereocenters. The molecule has 0 radical (unpaired) electrons. The zero-order chi connectivity index (χ0) is 15.5. The third-order valence-electron chi connectivity index (χ3n) is 5.89. The second kappa shape index (κ2) is 7.13. The van der Waals surface area contributed by atoms with Gasteiger partial charge in [0.05, 0.1) is 0 Å². The standard InChI is InChI=1S/C18H34N2O/c1-13(2)15-9-5-6-10-16(15)20-17(21)18(3,4)14-8-7-11-19-12-14/h13-16,19H,5-12H2,1-4H3,(H,20,21). The minimum atomic E-state index is -0.258. The predicted molar refractivity (Wildman–Crippen MR) is 88.1 cm³/mol. The van der Waals surface area contributed by atoms with Gasteiger partial charge in [-0.2, -0.15) is 0 Å². The monoisotopic (exact) mass is 294 g/mol. The van der Waals surface area contributed by atoms with Gasteiger partial charge in [-0.1, -0.05) is 40.5 Å². The Balaban J connectivity index is 1.98. The summed E-state index contributed by atoms with van der Waals surface area (Å²) in [4.78, 5) is 12.9. The van der Waals surface area contributed by atoms with Gasteiger partial charge in [0.2, 0.25) is 5.91 Å². The maximum Gasteiger partial charge on any atom is 0.226 e. The maximum absolute atomic E-state index is 12.9. The third kappa shape index (κ3) is 4.00. The third-order valence-corrected chi connectivity index (χ3v) is 5.89. The van der Waals surface area contributed by atoms with E-state index in [2.05, 4.69) is 38.3 Å². The van der Waals surface area contributed by atoms with Crippen molar-refractivity contribution in [2.75, 3.05) is 13.1 Å². The summed E-state index contributed by atoms with van der Waals surface area (Å²) in [5, 5.41) is 6.87. The molecule has 2 fully saturated rings. The first kappa shape index (κ1) is 16.8. The van der Waals surface area contributed by atoms with Gasteiger partial charge in [0.1, 0.15) is 0 Å². The highest BCUT2D eigenvalue weighted by Crippen LogP contribution is 2.34. The van der Waals surface area contributed by atoms with Gasteiger partial charge in [0.25, 0.3) is 0 Å². The summed E-state index contributed by atoms with van der Waals surface area (Å²) in [5.74, 6) is 2.05. The molecule has 1 aliphatic heterocycles. The van der Waals surface area contributed by atoms with E-state index in [9.17, 15) is 4.79 Å². The van der Waals surface area contributed by atoms with Crippen LogP contribution >= 0.6 is 0 Å². The van der Waals surface area contributed by atoms with Gasteiger partial charge >= 0.3 is 0 Å². The van der Waals surface area contributed by atoms with Crippen molar-refractivity contribution in [3.05, 3.63) is 0 Å². The van der Waals surface area contributed by atoms with E-state index >= 15 is 0 Å². The van der Waals surface area contributed by atoms with Crippen molar-refractivity contribution in [3.8, 4) is 0 Å². The maximum atomic E-state index is 12.9. The van der Waals surface area contributed by atoms with Gasteiger partial charge in [-0.3, -0.25) is 4.79 Å². The summed E-state index contributed by atoms with van der Waals surface area (Å²) < 4.78 is 0. The van der Waals surface area contributed by atoms with Gasteiger partial charge < -0.3 is 10.6 Å². The van der Waals surface area contributed by atoms with Crippen molar-refractivity contribution >= 4 is 5.91 Å². The van der Waals surface area contributed by atoms with Crippen molar-refractivity contribution in [3.63, 3.8) is 0 Å². The number of piperidine rings is 1. The average molecular weight is 294 g/mol. The Morgan fingerprint density at radius 2 is 1.86 bits per heavy atom. The highest BCUT2D eigenvalue weighted by atomic mass is 16.2. The smallest absolute Gasteiger partial charge is 0.226 e. The lowest BCUT2D eigenvalue weighted by molar-refractivity contribution is -0.134. The molecular weight excluding hydrogens is 260 g/mol. The number of nitrogens with one attached hydrogen (secondary N) is 2. The SMILES string of the molecule is CC(C)C1CCCCC1NC(=O)C(C)(C)C1CCCNC1. The Labute approximate surface area is 130 Å². The summed E-state index contributed by atoms with van der Waals surface area (Å²) in [5.41, 5.74) is -0.258. The molecule has 1 amide bonds. The molecular formula is C18H34N2O. The van der Waals surface area contributed by atoms with E-state index in [1.165, 1.54) is 32.1 Å². The van der Waals surface area contributed by atoms with Crippen LogP contribution in [0.5, 0.6) is 0 Å². The molecule has 21 heavy (non-hydrogen) atoms. The van der Waals surface area contributed by atoms with Gasteiger partial charge in [-0.05, 0) is 56.5 Å². The van der Waals surface area contributed by atoms with E-state index in [1.54, 1.807) is 0 Å². The van der Waals surface area contributed by atoms with E-state index in [0.29, 0.717) is 23.8 Å². The highest BCUT2D eigenvalue weighted by molar-refractivity contribution is 5.82. The molecule has 0 bridgehead atoms. The molecule has 3 unspecified atom stereocenters. The number of carbonyl (C=O) groups excluding carboxylic acids is 1. The molecule has 1 saturated carbocycles. The quantitative estimate of drug-likeness (QED) is 0.835. The number of hydrogen-bond donors (Lipinski definition) is 2. The zero-order valence-electron chi connectivity index (χ0n) is 14.4. The molecule has 122 valence electrons. The van der Waals surface area contributed by atoms with E-state index < -0.39 is 0 Å². The van der Waals surface area contributed by atoms with Crippen LogP contribution in [0.3, 0.4) is 0 Å². The lowest BCUT2D eigenvalue weighted by atomic mass is 9.73. The Morgan fingerprint density at radius 1 is 1.14 bits per heavy atom. The second-order valence-corrected chi connectivity index (χ2v) is 8.04. The molecule has 1 saturated heterocycles. The van der Waals surface area contributed by atoms with Gasteiger partial charge in [-0.25, -0.2) is 0 Å². The Hall–Kier alpha value is -0.570. The molecule has 2 N–H and O–H groups in total. The van der Waals surface area contributed by atoms with Crippen molar-refractivity contribution in [1.82, 2.24) is 10.6 Å². The first-order valence-electron chi connectivity index (χ1n) is 8.94. The summed E-state index contributed by atoms with van der Waals surface area (Å²) in [6.07, 6.45) is 7.39. The van der Waals surface area contributed by atoms with Crippen LogP contribution in [0.25, 0.3) is 0 Å². The molecule has 3 heteroatoms. The molecule has 3 nitrogen and oxygen atoms in total. The minimum Gasteiger partial charge on any atom is -0.353 e. The molecule has 1 aliphatic carbocycles. The van der Waals surface area contributed by atoms with Crippen LogP contribution in [0.2, 0.25) is 0 Å². The highest BCUT2D eigenvalue weighted by Gasteiger charge is 2.39. The summed E-state index contributed by atoms with van der Waals surface area (Å²) >= 11 is 0. The fourth-order valence-corrected chi connectivity index (χ4v) is 4.14. The first-order chi connectivity index (χ1) is 9.93. The predicted octanol–water partition coefficient (Wildman–Crippen LogP) is 3.34. The van der Waals surface area contributed by atoms with Gasteiger partial charge in [0, 0.05) is 11.5 Å². The number of amides is 1. The average Bonchev–Trinajstić information content (AvgIpc) is 2.48. The first-order valence-corrected chi connectivity index (χ1v) is 8.94. The Kier molecular flexibility index (Phi) is 5.70. The number of hydrogen-bond acceptors (Lipinski definition) is 2. The van der Waals surface area contributed by atoms with Crippen molar-refractivity contribution in [2.24, 2.45) is 23.2 Å². The van der Waals surface area contributed by atoms with E-state index in [4.69, 9.17) is 0 Å². The van der Waals surface area contributed by atoms with Crippen LogP contribution in [0.1, 0.15) is 66.2 Å². The normalized spacial score (nSPS) is 31.2. The zero-order valence-corrected chi connectivity index (χ0v) is 14.4. The van der Waals surface area contributed by atoms with Crippen LogP contribution in [0.4, 0.5) is 0 Å². The van der Waals surface area contributed by atoms with Crippen molar-refractivity contribution in [2.45, 2.75) is 72.3 Å². The molecule has 0 aromatic carbocycles. The summed E-state index contributed by atoms with van der Waals surface area (Å²) in [6, 6.07) is 0.391. The number of carbonyl (C=O) groups is 1. The van der Waals surface area contributed by atoms with Crippen molar-refractivity contribution in [1.29, 1.82) is 0 Å². The van der Waals surface area contributed by atoms with Crippen LogP contribution in [-0.2, 0) is 4.79 Å². The van der Waals surface area contributed by atoms with E-state index in [-0.39, 0.29) is 11.3 Å². The topological polar surface area (TPSA) is 41.1 Å². The van der Waals surface area contributed by atoms with Crippen molar-refractivity contribution < 1.29 is 4.79 Å². The largest absolute Gasteiger partial charge is 0.353 e. The second-order valence-electron chi connectivity index (χ2n) is 8.04. The van der Waals surface area contributed by atoms with Crippen LogP contribution in [0.15, 0.2) is 0 Å². The van der Waals surface area contributed by atoms with Crippen LogP contribution in [-0.4, -0.2) is 25.0 Å². The van der Waals surface area contributed by atoms with Crippen LogP contribution < -0.4 is 10.6 Å². The summed E-state index contributed by atoms with van der Waals surface area (Å²) in [6.45, 7) is 10.9. The molecule has 0 aromatic rings. The summed E-state index contributed by atoms with van der Waals surface area (Å²) in [7, 11) is 0. The lowest BCUT2D eigenvalue weighted by Gasteiger charge is -2.40. The molecule has 2 rings (SSSR count). The van der Waals surface area contributed by atoms with Gasteiger partial charge in [0.15, 0.2) is 0 Å². The van der Waals surface area contributed by atoms with Gasteiger partial charge in [-0.15, -0.1) is 0 Å². The lowest BCUT2D eigenvalue weighted by Crippen LogP contribution is -2.52. The molecule has 0 spiro atoms. The Bertz CT molecular complexity index is 345. The van der Waals surface area contributed by atoms with Crippen LogP contribution in [0, 0.1) is 23.2 Å². The Morgan fingerprint density at radius 3 is 2.48 bits per heavy atom. The fourth-order valence-electron chi connectivity index (χ4n) is 4.14. The minimum absolute atomic E-state index is 0.258. The number of rotatable bonds is 4.